The largest absolute Gasteiger partial charge is 0.396 e. The van der Waals surface area contributed by atoms with Crippen LogP contribution in [-0.2, 0) is 4.79 Å². The number of hydrogen-bond donors (Lipinski definition) is 3. The number of nitrogens with one attached hydrogen (secondary N) is 2. The molecule has 21 heavy (non-hydrogen) atoms. The Morgan fingerprint density at radius 3 is 2.81 bits per heavy atom. The summed E-state index contributed by atoms with van der Waals surface area (Å²) in [5.74, 6) is 0.593. The summed E-state index contributed by atoms with van der Waals surface area (Å²) in [6.07, 6.45) is 6.23. The van der Waals surface area contributed by atoms with Gasteiger partial charge >= 0.3 is 0 Å². The molecule has 0 aromatic rings. The van der Waals surface area contributed by atoms with Crippen molar-refractivity contribution in [3.63, 3.8) is 0 Å². The van der Waals surface area contributed by atoms with Gasteiger partial charge in [0.1, 0.15) is 0 Å². The van der Waals surface area contributed by atoms with Crippen molar-refractivity contribution in [2.24, 2.45) is 5.92 Å². The molecule has 0 saturated carbocycles. The van der Waals surface area contributed by atoms with Crippen LogP contribution in [-0.4, -0.2) is 60.8 Å². The molecule has 5 nitrogen and oxygen atoms in total. The second-order valence-corrected chi connectivity index (χ2v) is 6.41. The van der Waals surface area contributed by atoms with E-state index in [1.165, 1.54) is 0 Å². The zero-order valence-corrected chi connectivity index (χ0v) is 13.3. The SMILES string of the molecule is CCC(CCO)CNC(=O)C1CCCN1C1CCNCC1. The predicted molar refractivity (Wildman–Crippen MR) is 84.1 cm³/mol. The van der Waals surface area contributed by atoms with E-state index in [2.05, 4.69) is 22.5 Å². The summed E-state index contributed by atoms with van der Waals surface area (Å²) in [7, 11) is 0. The number of likely N-dealkylation sites (tertiary alicyclic amines) is 1. The van der Waals surface area contributed by atoms with E-state index in [0.717, 1.165) is 58.2 Å². The second kappa shape index (κ2) is 8.71. The zero-order chi connectivity index (χ0) is 15.1. The number of aliphatic hydroxyl groups is 1. The second-order valence-electron chi connectivity index (χ2n) is 6.41. The summed E-state index contributed by atoms with van der Waals surface area (Å²) in [4.78, 5) is 14.9. The van der Waals surface area contributed by atoms with Crippen LogP contribution in [0.3, 0.4) is 0 Å². The van der Waals surface area contributed by atoms with E-state index in [1.807, 2.05) is 0 Å². The molecule has 122 valence electrons. The molecule has 2 aliphatic rings. The van der Waals surface area contributed by atoms with Gasteiger partial charge in [0.2, 0.25) is 5.91 Å². The molecular formula is C16H31N3O2. The molecule has 2 fully saturated rings. The molecule has 2 atom stereocenters. The molecule has 3 N–H and O–H groups in total. The minimum Gasteiger partial charge on any atom is -0.396 e. The van der Waals surface area contributed by atoms with Gasteiger partial charge in [-0.1, -0.05) is 13.3 Å². The van der Waals surface area contributed by atoms with Crippen LogP contribution in [0.25, 0.3) is 0 Å². The Morgan fingerprint density at radius 1 is 1.38 bits per heavy atom. The number of hydrogen-bond acceptors (Lipinski definition) is 4. The minimum atomic E-state index is 0.0692. The van der Waals surface area contributed by atoms with Gasteiger partial charge in [-0.05, 0) is 57.7 Å². The number of carbonyl (C=O) groups excluding carboxylic acids is 1. The first-order valence-corrected chi connectivity index (χ1v) is 8.61. The average Bonchev–Trinajstić information content (AvgIpc) is 3.01. The number of nitrogens with zero attached hydrogens (tertiary/aromatic N) is 1. The van der Waals surface area contributed by atoms with E-state index in [-0.39, 0.29) is 18.6 Å². The van der Waals surface area contributed by atoms with Crippen molar-refractivity contribution in [1.82, 2.24) is 15.5 Å². The summed E-state index contributed by atoms with van der Waals surface area (Å²) in [5.41, 5.74) is 0. The fraction of sp³-hybridized carbons (Fsp3) is 0.938. The number of piperidine rings is 1. The fourth-order valence-electron chi connectivity index (χ4n) is 3.64. The molecule has 0 aliphatic carbocycles. The molecule has 0 spiro atoms. The summed E-state index contributed by atoms with van der Waals surface area (Å²) < 4.78 is 0. The average molecular weight is 297 g/mol. The molecule has 1 amide bonds. The van der Waals surface area contributed by atoms with Crippen molar-refractivity contribution in [3.8, 4) is 0 Å². The van der Waals surface area contributed by atoms with Crippen molar-refractivity contribution in [2.45, 2.75) is 57.5 Å². The van der Waals surface area contributed by atoms with Crippen LogP contribution in [0, 0.1) is 5.92 Å². The van der Waals surface area contributed by atoms with Crippen LogP contribution in [0.5, 0.6) is 0 Å². The maximum atomic E-state index is 12.5. The van der Waals surface area contributed by atoms with Crippen molar-refractivity contribution in [1.29, 1.82) is 0 Å². The highest BCUT2D eigenvalue weighted by molar-refractivity contribution is 5.82. The molecule has 2 aliphatic heterocycles. The summed E-state index contributed by atoms with van der Waals surface area (Å²) in [6, 6.07) is 0.642. The predicted octanol–water partition coefficient (Wildman–Crippen LogP) is 0.728. The highest BCUT2D eigenvalue weighted by Gasteiger charge is 2.35. The molecule has 2 unspecified atom stereocenters. The lowest BCUT2D eigenvalue weighted by Crippen LogP contribution is -2.51. The Bertz CT molecular complexity index is 319. The third-order valence-corrected chi connectivity index (χ3v) is 5.05. The van der Waals surface area contributed by atoms with Crippen LogP contribution in [0.4, 0.5) is 0 Å². The van der Waals surface area contributed by atoms with Crippen LogP contribution in [0.2, 0.25) is 0 Å². The van der Waals surface area contributed by atoms with E-state index in [0.29, 0.717) is 18.5 Å². The monoisotopic (exact) mass is 297 g/mol. The van der Waals surface area contributed by atoms with Crippen LogP contribution in [0.1, 0.15) is 45.4 Å². The van der Waals surface area contributed by atoms with E-state index in [1.54, 1.807) is 0 Å². The number of amides is 1. The van der Waals surface area contributed by atoms with Gasteiger partial charge in [-0.25, -0.2) is 0 Å². The molecule has 5 heteroatoms. The third-order valence-electron chi connectivity index (χ3n) is 5.05. The zero-order valence-electron chi connectivity index (χ0n) is 13.3. The Labute approximate surface area is 128 Å². The number of rotatable bonds is 7. The molecule has 0 aromatic carbocycles. The summed E-state index contributed by atoms with van der Waals surface area (Å²) >= 11 is 0. The van der Waals surface area contributed by atoms with Gasteiger partial charge in [0.05, 0.1) is 6.04 Å². The van der Waals surface area contributed by atoms with E-state index in [4.69, 9.17) is 5.11 Å². The summed E-state index contributed by atoms with van der Waals surface area (Å²) in [6.45, 7) is 6.24. The lowest BCUT2D eigenvalue weighted by molar-refractivity contribution is -0.126. The van der Waals surface area contributed by atoms with E-state index < -0.39 is 0 Å². The Morgan fingerprint density at radius 2 is 2.14 bits per heavy atom. The lowest BCUT2D eigenvalue weighted by atomic mass is 10.0. The van der Waals surface area contributed by atoms with Gasteiger partial charge < -0.3 is 15.7 Å². The smallest absolute Gasteiger partial charge is 0.237 e. The molecule has 2 heterocycles. The van der Waals surface area contributed by atoms with Gasteiger partial charge in [-0.15, -0.1) is 0 Å². The fourth-order valence-corrected chi connectivity index (χ4v) is 3.64. The highest BCUT2D eigenvalue weighted by Crippen LogP contribution is 2.24. The topological polar surface area (TPSA) is 64.6 Å². The highest BCUT2D eigenvalue weighted by atomic mass is 16.3. The maximum absolute atomic E-state index is 12.5. The third kappa shape index (κ3) is 4.66. The first-order chi connectivity index (χ1) is 10.3. The quantitative estimate of drug-likeness (QED) is 0.648. The number of aliphatic hydroxyl groups excluding tert-OH is 1. The Kier molecular flexibility index (Phi) is 6.93. The first kappa shape index (κ1) is 16.7. The van der Waals surface area contributed by atoms with Crippen molar-refractivity contribution in [2.75, 3.05) is 32.8 Å². The van der Waals surface area contributed by atoms with Gasteiger partial charge in [0.15, 0.2) is 0 Å². The van der Waals surface area contributed by atoms with Gasteiger partial charge in [-0.3, -0.25) is 9.69 Å². The molecule has 2 rings (SSSR count). The van der Waals surface area contributed by atoms with Crippen LogP contribution in [0.15, 0.2) is 0 Å². The van der Waals surface area contributed by atoms with Crippen molar-refractivity contribution < 1.29 is 9.90 Å². The maximum Gasteiger partial charge on any atom is 0.237 e. The lowest BCUT2D eigenvalue weighted by Gasteiger charge is -2.35. The van der Waals surface area contributed by atoms with Crippen LogP contribution < -0.4 is 10.6 Å². The first-order valence-electron chi connectivity index (χ1n) is 8.61. The molecule has 0 aromatic heterocycles. The van der Waals surface area contributed by atoms with Gasteiger partial charge in [0.25, 0.3) is 0 Å². The van der Waals surface area contributed by atoms with Gasteiger partial charge in [-0.2, -0.15) is 0 Å². The van der Waals surface area contributed by atoms with Crippen LogP contribution >= 0.6 is 0 Å². The van der Waals surface area contributed by atoms with Crippen molar-refractivity contribution >= 4 is 5.91 Å². The Balaban J connectivity index is 1.82. The van der Waals surface area contributed by atoms with Crippen molar-refractivity contribution in [3.05, 3.63) is 0 Å². The van der Waals surface area contributed by atoms with E-state index in [9.17, 15) is 4.79 Å². The molecule has 2 saturated heterocycles. The molecular weight excluding hydrogens is 266 g/mol. The summed E-state index contributed by atoms with van der Waals surface area (Å²) in [5, 5.41) is 15.5. The molecule has 0 bridgehead atoms. The standard InChI is InChI=1S/C16H31N3O2/c1-2-13(7-11-20)12-18-16(21)15-4-3-10-19(15)14-5-8-17-9-6-14/h13-15,17,20H,2-12H2,1H3,(H,18,21). The molecule has 0 radical (unpaired) electrons. The number of carbonyl (C=O) groups is 1. The minimum absolute atomic E-state index is 0.0692. The normalized spacial score (nSPS) is 25.9. The van der Waals surface area contributed by atoms with E-state index >= 15 is 0 Å². The van der Waals surface area contributed by atoms with Gasteiger partial charge in [0, 0.05) is 19.2 Å². The Hall–Kier alpha value is -0.650.